The predicted octanol–water partition coefficient (Wildman–Crippen LogP) is 3.36. The lowest BCUT2D eigenvalue weighted by Crippen LogP contribution is -2.05. The molecule has 1 aromatic heterocycles. The Bertz CT molecular complexity index is 1200. The van der Waals surface area contributed by atoms with Crippen molar-refractivity contribution in [3.8, 4) is 28.5 Å². The van der Waals surface area contributed by atoms with E-state index in [1.807, 2.05) is 6.07 Å². The minimum atomic E-state index is -4.11. The van der Waals surface area contributed by atoms with Crippen molar-refractivity contribution in [2.24, 2.45) is 0 Å². The first-order valence-corrected chi connectivity index (χ1v) is 9.86. The molecule has 3 rings (SSSR count). The molecule has 0 atom stereocenters. The zero-order valence-electron chi connectivity index (χ0n) is 14.8. The maximum absolute atomic E-state index is 14.4. The highest BCUT2D eigenvalue weighted by Gasteiger charge is 2.25. The highest BCUT2D eigenvalue weighted by Crippen LogP contribution is 2.37. The molecule has 1 N–H and O–H groups in total. The molecule has 0 fully saturated rings. The molecule has 3 aromatic rings. The Morgan fingerprint density at radius 1 is 1.18 bits per heavy atom. The van der Waals surface area contributed by atoms with Crippen LogP contribution in [-0.4, -0.2) is 24.9 Å². The number of aliphatic hydroxyl groups excluding tert-OH is 1. The van der Waals surface area contributed by atoms with E-state index in [0.29, 0.717) is 22.9 Å². The van der Waals surface area contributed by atoms with Crippen molar-refractivity contribution in [3.05, 3.63) is 58.9 Å². The number of nitrogens with zero attached hydrogens (tertiary/aromatic N) is 2. The minimum absolute atomic E-state index is 0.0373. The summed E-state index contributed by atoms with van der Waals surface area (Å²) in [7, 11) is -4.11. The number of rotatable bonds is 4. The molecule has 0 unspecified atom stereocenters. The number of sulfone groups is 1. The zero-order chi connectivity index (χ0) is 20.6. The van der Waals surface area contributed by atoms with Gasteiger partial charge in [-0.3, -0.25) is 0 Å². The Balaban J connectivity index is 2.25. The van der Waals surface area contributed by atoms with E-state index in [0.717, 1.165) is 12.1 Å². The number of nitriles is 1. The fourth-order valence-corrected chi connectivity index (χ4v) is 3.75. The third-order valence-corrected chi connectivity index (χ3v) is 5.32. The average Bonchev–Trinajstić information content (AvgIpc) is 3.03. The second-order valence-electron chi connectivity index (χ2n) is 6.17. The molecule has 0 spiro atoms. The van der Waals surface area contributed by atoms with Crippen LogP contribution >= 0.6 is 0 Å². The van der Waals surface area contributed by atoms with Gasteiger partial charge >= 0.3 is 0 Å². The van der Waals surface area contributed by atoms with Crippen LogP contribution in [0.25, 0.3) is 22.4 Å². The smallest absolute Gasteiger partial charge is 0.181 e. The Morgan fingerprint density at radius 3 is 2.32 bits per heavy atom. The summed E-state index contributed by atoms with van der Waals surface area (Å²) in [4.78, 5) is -1.03. The summed E-state index contributed by atoms with van der Waals surface area (Å²) in [5, 5.41) is 22.5. The Labute approximate surface area is 159 Å². The van der Waals surface area contributed by atoms with Crippen molar-refractivity contribution in [2.45, 2.75) is 18.4 Å². The quantitative estimate of drug-likeness (QED) is 0.715. The van der Waals surface area contributed by atoms with Crippen LogP contribution in [0.4, 0.5) is 8.78 Å². The van der Waals surface area contributed by atoms with Gasteiger partial charge in [-0.05, 0) is 42.3 Å². The van der Waals surface area contributed by atoms with Gasteiger partial charge in [0.05, 0.1) is 17.2 Å². The molecule has 28 heavy (non-hydrogen) atoms. The van der Waals surface area contributed by atoms with Gasteiger partial charge in [0.1, 0.15) is 28.8 Å². The van der Waals surface area contributed by atoms with Crippen LogP contribution in [0.1, 0.15) is 16.9 Å². The number of hydrogen-bond donors (Lipinski definition) is 1. The highest BCUT2D eigenvalue weighted by atomic mass is 32.2. The van der Waals surface area contributed by atoms with Crippen LogP contribution in [0.2, 0.25) is 0 Å². The second-order valence-corrected chi connectivity index (χ2v) is 8.12. The van der Waals surface area contributed by atoms with E-state index in [1.54, 1.807) is 25.1 Å². The maximum Gasteiger partial charge on any atom is 0.181 e. The lowest BCUT2D eigenvalue weighted by molar-refractivity contribution is 0.230. The topological polar surface area (TPSA) is 104 Å². The van der Waals surface area contributed by atoms with Gasteiger partial charge in [0.15, 0.2) is 15.6 Å². The van der Waals surface area contributed by atoms with E-state index in [1.165, 1.54) is 0 Å². The standard InChI is InChI=1S/C19H14F2N2O4S/c1-10-5-11(3-4-12(10)8-22)18-17(16(9-24)27-23-18)13-6-14(20)19(15(21)7-13)28(2,25)26/h3-7,24H,9H2,1-2H3. The first-order chi connectivity index (χ1) is 13.2. The molecular weight excluding hydrogens is 390 g/mol. The van der Waals surface area contributed by atoms with Gasteiger partial charge in [0, 0.05) is 11.8 Å². The number of benzene rings is 2. The van der Waals surface area contributed by atoms with E-state index in [4.69, 9.17) is 9.78 Å². The van der Waals surface area contributed by atoms with Crippen LogP contribution in [0.3, 0.4) is 0 Å². The zero-order valence-corrected chi connectivity index (χ0v) is 15.6. The Hall–Kier alpha value is -3.09. The van der Waals surface area contributed by atoms with Gasteiger partial charge in [0.2, 0.25) is 0 Å². The van der Waals surface area contributed by atoms with Crippen molar-refractivity contribution in [3.63, 3.8) is 0 Å². The van der Waals surface area contributed by atoms with Crippen LogP contribution in [0, 0.1) is 29.9 Å². The van der Waals surface area contributed by atoms with Gasteiger partial charge in [-0.1, -0.05) is 11.2 Å². The largest absolute Gasteiger partial charge is 0.388 e. The molecule has 0 aliphatic rings. The van der Waals surface area contributed by atoms with E-state index >= 15 is 0 Å². The minimum Gasteiger partial charge on any atom is -0.388 e. The second kappa shape index (κ2) is 7.14. The first kappa shape index (κ1) is 19.7. The molecular formula is C19H14F2N2O4S. The fraction of sp³-hybridized carbons (Fsp3) is 0.158. The van der Waals surface area contributed by atoms with Crippen molar-refractivity contribution in [1.29, 1.82) is 5.26 Å². The Morgan fingerprint density at radius 2 is 1.82 bits per heavy atom. The number of aromatic nitrogens is 1. The summed E-state index contributed by atoms with van der Waals surface area (Å²) in [5.74, 6) is -2.56. The van der Waals surface area contributed by atoms with Crippen LogP contribution in [0.15, 0.2) is 39.8 Å². The van der Waals surface area contributed by atoms with Gasteiger partial charge in [-0.15, -0.1) is 0 Å². The molecule has 0 saturated carbocycles. The molecule has 0 bridgehead atoms. The monoisotopic (exact) mass is 404 g/mol. The van der Waals surface area contributed by atoms with Crippen LogP contribution < -0.4 is 0 Å². The number of aryl methyl sites for hydroxylation is 1. The number of aliphatic hydroxyl groups is 1. The predicted molar refractivity (Wildman–Crippen MR) is 95.8 cm³/mol. The molecule has 0 amide bonds. The van der Waals surface area contributed by atoms with E-state index < -0.39 is 33.0 Å². The number of hydrogen-bond acceptors (Lipinski definition) is 6. The van der Waals surface area contributed by atoms with Crippen LogP contribution in [-0.2, 0) is 16.4 Å². The van der Waals surface area contributed by atoms with Crippen molar-refractivity contribution < 1.29 is 26.8 Å². The Kier molecular flexibility index (Phi) is 5.02. The van der Waals surface area contributed by atoms with Crippen molar-refractivity contribution in [2.75, 3.05) is 6.26 Å². The van der Waals surface area contributed by atoms with E-state index in [2.05, 4.69) is 5.16 Å². The molecule has 0 saturated heterocycles. The SMILES string of the molecule is Cc1cc(-c2noc(CO)c2-c2cc(F)c(S(C)(=O)=O)c(F)c2)ccc1C#N. The molecule has 0 radical (unpaired) electrons. The third-order valence-electron chi connectivity index (χ3n) is 4.18. The van der Waals surface area contributed by atoms with Crippen LogP contribution in [0.5, 0.6) is 0 Å². The van der Waals surface area contributed by atoms with E-state index in [9.17, 15) is 22.3 Å². The van der Waals surface area contributed by atoms with Gasteiger partial charge < -0.3 is 9.63 Å². The van der Waals surface area contributed by atoms with E-state index in [-0.39, 0.29) is 22.6 Å². The average molecular weight is 404 g/mol. The molecule has 0 aliphatic carbocycles. The summed E-state index contributed by atoms with van der Waals surface area (Å²) in [6, 6.07) is 8.54. The molecule has 9 heteroatoms. The highest BCUT2D eigenvalue weighted by molar-refractivity contribution is 7.90. The molecule has 144 valence electrons. The fourth-order valence-electron chi connectivity index (χ4n) is 2.92. The summed E-state index contributed by atoms with van der Waals surface area (Å²) in [6.07, 6.45) is 0.706. The summed E-state index contributed by atoms with van der Waals surface area (Å²) in [5.41, 5.74) is 1.90. The van der Waals surface area contributed by atoms with Gasteiger partial charge in [-0.25, -0.2) is 17.2 Å². The molecule has 6 nitrogen and oxygen atoms in total. The first-order valence-electron chi connectivity index (χ1n) is 7.97. The number of halogens is 2. The summed E-state index contributed by atoms with van der Waals surface area (Å²) < 4.78 is 57.0. The molecule has 2 aromatic carbocycles. The van der Waals surface area contributed by atoms with Gasteiger partial charge in [-0.2, -0.15) is 5.26 Å². The summed E-state index contributed by atoms with van der Waals surface area (Å²) >= 11 is 0. The van der Waals surface area contributed by atoms with Gasteiger partial charge in [0.25, 0.3) is 0 Å². The molecule has 0 aliphatic heterocycles. The van der Waals surface area contributed by atoms with Crippen molar-refractivity contribution in [1.82, 2.24) is 5.16 Å². The lowest BCUT2D eigenvalue weighted by Gasteiger charge is -2.09. The van der Waals surface area contributed by atoms with Crippen molar-refractivity contribution >= 4 is 9.84 Å². The summed E-state index contributed by atoms with van der Waals surface area (Å²) in [6.45, 7) is 1.13. The maximum atomic E-state index is 14.4. The molecule has 1 heterocycles. The third kappa shape index (κ3) is 3.40. The lowest BCUT2D eigenvalue weighted by atomic mass is 9.97. The normalized spacial score (nSPS) is 11.4.